The molecule has 1 rings (SSSR count). The summed E-state index contributed by atoms with van der Waals surface area (Å²) in [6.45, 7) is -0.736. The maximum absolute atomic E-state index is 12.2. The van der Waals surface area contributed by atoms with Crippen LogP contribution in [0, 0.1) is 0 Å². The Morgan fingerprint density at radius 2 is 2.23 bits per heavy atom. The molecule has 0 aromatic heterocycles. The van der Waals surface area contributed by atoms with E-state index in [1.165, 1.54) is 12.1 Å². The van der Waals surface area contributed by atoms with E-state index < -0.39 is 12.7 Å². The summed E-state index contributed by atoms with van der Waals surface area (Å²) < 4.78 is 12.6. The normalized spacial score (nSPS) is 12.9. The van der Waals surface area contributed by atoms with E-state index in [-0.39, 0.29) is 5.75 Å². The molecule has 1 aromatic carbocycles. The van der Waals surface area contributed by atoms with E-state index in [0.717, 1.165) is 0 Å². The van der Waals surface area contributed by atoms with Gasteiger partial charge in [-0.25, -0.2) is 4.39 Å². The molecule has 0 unspecified atom stereocenters. The van der Waals surface area contributed by atoms with Gasteiger partial charge in [-0.1, -0.05) is 11.6 Å². The molecule has 0 heterocycles. The number of phenolic OH excluding ortho intramolecular Hbond substituents is 1. The second-order valence-corrected chi connectivity index (χ2v) is 3.88. The first-order chi connectivity index (χ1) is 6.06. The minimum Gasteiger partial charge on any atom is -0.506 e. The Balaban J connectivity index is 3.20. The molecule has 0 spiro atoms. The van der Waals surface area contributed by atoms with E-state index >= 15 is 0 Å². The average molecular weight is 269 g/mol. The number of phenols is 1. The van der Waals surface area contributed by atoms with Crippen LogP contribution >= 0.6 is 27.5 Å². The summed E-state index contributed by atoms with van der Waals surface area (Å²) in [5.74, 6) is -0.0606. The number of hydrogen-bond acceptors (Lipinski definition) is 2. The molecule has 0 aliphatic carbocycles. The Hall–Kier alpha value is -0.320. The zero-order valence-corrected chi connectivity index (χ0v) is 8.94. The Labute approximate surface area is 88.6 Å². The van der Waals surface area contributed by atoms with Crippen molar-refractivity contribution in [3.05, 3.63) is 27.2 Å². The van der Waals surface area contributed by atoms with Gasteiger partial charge in [-0.2, -0.15) is 0 Å². The molecular formula is C8H8BrClFNO. The van der Waals surface area contributed by atoms with Crippen LogP contribution in [0.5, 0.6) is 5.75 Å². The number of benzene rings is 1. The third-order valence-corrected chi connectivity index (χ3v) is 2.45. The van der Waals surface area contributed by atoms with Gasteiger partial charge < -0.3 is 10.8 Å². The highest BCUT2D eigenvalue weighted by Gasteiger charge is 2.13. The molecule has 5 heteroatoms. The molecule has 0 saturated carbocycles. The Morgan fingerprint density at radius 3 is 2.77 bits per heavy atom. The number of alkyl halides is 1. The molecule has 0 bridgehead atoms. The van der Waals surface area contributed by atoms with E-state index in [1.807, 2.05) is 0 Å². The van der Waals surface area contributed by atoms with Gasteiger partial charge in [-0.05, 0) is 28.1 Å². The Kier molecular flexibility index (Phi) is 3.53. The zero-order chi connectivity index (χ0) is 10.0. The van der Waals surface area contributed by atoms with Crippen LogP contribution in [0.3, 0.4) is 0 Å². The summed E-state index contributed by atoms with van der Waals surface area (Å²) in [7, 11) is 0. The third-order valence-electron chi connectivity index (χ3n) is 1.62. The summed E-state index contributed by atoms with van der Waals surface area (Å²) in [5, 5.41) is 9.88. The molecule has 2 nitrogen and oxygen atoms in total. The quantitative estimate of drug-likeness (QED) is 0.866. The second-order valence-electron chi connectivity index (χ2n) is 2.59. The van der Waals surface area contributed by atoms with Crippen LogP contribution in [0.25, 0.3) is 0 Å². The van der Waals surface area contributed by atoms with Crippen LogP contribution in [0.4, 0.5) is 4.39 Å². The molecule has 0 radical (unpaired) electrons. The lowest BCUT2D eigenvalue weighted by Crippen LogP contribution is -2.12. The molecule has 3 N–H and O–H groups in total. The molecule has 0 aliphatic rings. The molecule has 0 saturated heterocycles. The van der Waals surface area contributed by atoms with Gasteiger partial charge in [0.15, 0.2) is 0 Å². The summed E-state index contributed by atoms with van der Waals surface area (Å²) in [5.41, 5.74) is 5.73. The lowest BCUT2D eigenvalue weighted by atomic mass is 10.1. The summed E-state index contributed by atoms with van der Waals surface area (Å²) in [6.07, 6.45) is 0. The average Bonchev–Trinajstić information content (AvgIpc) is 2.10. The van der Waals surface area contributed by atoms with Gasteiger partial charge in [0.25, 0.3) is 0 Å². The van der Waals surface area contributed by atoms with Crippen molar-refractivity contribution in [2.75, 3.05) is 6.67 Å². The van der Waals surface area contributed by atoms with Gasteiger partial charge >= 0.3 is 0 Å². The first-order valence-electron chi connectivity index (χ1n) is 3.55. The van der Waals surface area contributed by atoms with Crippen molar-refractivity contribution in [3.63, 3.8) is 0 Å². The van der Waals surface area contributed by atoms with E-state index in [1.54, 1.807) is 0 Å². The number of aromatic hydroxyl groups is 1. The van der Waals surface area contributed by atoms with Crippen LogP contribution in [0.1, 0.15) is 11.6 Å². The topological polar surface area (TPSA) is 46.2 Å². The predicted molar refractivity (Wildman–Crippen MR) is 53.7 cm³/mol. The van der Waals surface area contributed by atoms with Gasteiger partial charge in [-0.15, -0.1) is 0 Å². The molecule has 72 valence electrons. The van der Waals surface area contributed by atoms with E-state index in [4.69, 9.17) is 17.3 Å². The minimum atomic E-state index is -0.838. The van der Waals surface area contributed by atoms with Crippen molar-refractivity contribution in [2.24, 2.45) is 5.73 Å². The van der Waals surface area contributed by atoms with E-state index in [2.05, 4.69) is 15.9 Å². The molecule has 0 fully saturated rings. The van der Waals surface area contributed by atoms with Gasteiger partial charge in [0.1, 0.15) is 12.4 Å². The van der Waals surface area contributed by atoms with Gasteiger partial charge in [-0.3, -0.25) is 0 Å². The summed E-state index contributed by atoms with van der Waals surface area (Å²) >= 11 is 8.79. The zero-order valence-electron chi connectivity index (χ0n) is 6.60. The van der Waals surface area contributed by atoms with E-state index in [9.17, 15) is 9.50 Å². The first-order valence-corrected chi connectivity index (χ1v) is 4.72. The molecule has 1 atom stereocenters. The van der Waals surface area contributed by atoms with Crippen molar-refractivity contribution in [1.82, 2.24) is 0 Å². The summed E-state index contributed by atoms with van der Waals surface area (Å²) in [6, 6.07) is 2.13. The smallest absolute Gasteiger partial charge is 0.134 e. The van der Waals surface area contributed by atoms with Crippen molar-refractivity contribution in [1.29, 1.82) is 0 Å². The van der Waals surface area contributed by atoms with Crippen molar-refractivity contribution < 1.29 is 9.50 Å². The van der Waals surface area contributed by atoms with E-state index in [0.29, 0.717) is 15.1 Å². The fraction of sp³-hybridized carbons (Fsp3) is 0.250. The highest BCUT2D eigenvalue weighted by molar-refractivity contribution is 9.10. The fourth-order valence-corrected chi connectivity index (χ4v) is 1.79. The maximum atomic E-state index is 12.2. The first kappa shape index (κ1) is 10.8. The van der Waals surface area contributed by atoms with Crippen LogP contribution in [-0.2, 0) is 0 Å². The maximum Gasteiger partial charge on any atom is 0.134 e. The number of hydrogen-bond donors (Lipinski definition) is 2. The van der Waals surface area contributed by atoms with Crippen LogP contribution in [-0.4, -0.2) is 11.8 Å². The van der Waals surface area contributed by atoms with Gasteiger partial charge in [0.05, 0.1) is 10.5 Å². The molecule has 1 aromatic rings. The largest absolute Gasteiger partial charge is 0.506 e. The lowest BCUT2D eigenvalue weighted by Gasteiger charge is -2.11. The molecule has 0 aliphatic heterocycles. The monoisotopic (exact) mass is 267 g/mol. The number of nitrogens with two attached hydrogens (primary N) is 1. The third kappa shape index (κ3) is 2.33. The summed E-state index contributed by atoms with van der Waals surface area (Å²) in [4.78, 5) is 0. The lowest BCUT2D eigenvalue weighted by molar-refractivity contribution is 0.413. The second kappa shape index (κ2) is 4.26. The fourth-order valence-electron chi connectivity index (χ4n) is 0.952. The molecule has 0 amide bonds. The van der Waals surface area contributed by atoms with Crippen LogP contribution in [0.2, 0.25) is 5.02 Å². The predicted octanol–water partition coefficient (Wildman–Crippen LogP) is 2.78. The van der Waals surface area contributed by atoms with Crippen LogP contribution < -0.4 is 5.73 Å². The van der Waals surface area contributed by atoms with Gasteiger partial charge in [0, 0.05) is 10.6 Å². The standard InChI is InChI=1S/C8H8BrClFNO/c9-6-2-4(10)1-5(8(6)13)7(12)3-11/h1-2,7,13H,3,12H2/t7-/m0/s1. The van der Waals surface area contributed by atoms with Crippen molar-refractivity contribution in [3.8, 4) is 5.75 Å². The molecular weight excluding hydrogens is 260 g/mol. The number of halogens is 3. The number of rotatable bonds is 2. The highest BCUT2D eigenvalue weighted by Crippen LogP contribution is 2.34. The SMILES string of the molecule is N[C@@H](CF)c1cc(Cl)cc(Br)c1O. The van der Waals surface area contributed by atoms with Gasteiger partial charge in [0.2, 0.25) is 0 Å². The van der Waals surface area contributed by atoms with Crippen molar-refractivity contribution >= 4 is 27.5 Å². The Morgan fingerprint density at radius 1 is 1.62 bits per heavy atom. The molecule has 13 heavy (non-hydrogen) atoms. The van der Waals surface area contributed by atoms with Crippen LogP contribution in [0.15, 0.2) is 16.6 Å². The minimum absolute atomic E-state index is 0.0606. The Bertz CT molecular complexity index is 321. The highest BCUT2D eigenvalue weighted by atomic mass is 79.9. The van der Waals surface area contributed by atoms with Crippen molar-refractivity contribution in [2.45, 2.75) is 6.04 Å².